The molecule has 0 bridgehead atoms. The second-order valence-electron chi connectivity index (χ2n) is 7.32. The fourth-order valence-electron chi connectivity index (χ4n) is 3.32. The number of hydrogen-bond acceptors (Lipinski definition) is 7. The summed E-state index contributed by atoms with van der Waals surface area (Å²) in [6.45, 7) is 1.92. The Morgan fingerprint density at radius 2 is 1.79 bits per heavy atom. The van der Waals surface area contributed by atoms with E-state index in [1.54, 1.807) is 61.4 Å². The molecular weight excluding hydrogens is 504 g/mol. The molecule has 2 aromatic carbocycles. The molecule has 3 aromatic rings. The van der Waals surface area contributed by atoms with Crippen LogP contribution in [0.2, 0.25) is 0 Å². The van der Waals surface area contributed by atoms with Crippen LogP contribution in [0.3, 0.4) is 0 Å². The Labute approximate surface area is 205 Å². The Morgan fingerprint density at radius 3 is 2.38 bits per heavy atom. The molecular formula is C24H25BrN4O5. The third-order valence-electron chi connectivity index (χ3n) is 4.75. The average molecular weight is 529 g/mol. The number of amides is 2. The van der Waals surface area contributed by atoms with E-state index >= 15 is 0 Å². The summed E-state index contributed by atoms with van der Waals surface area (Å²) < 4.78 is 16.5. The van der Waals surface area contributed by atoms with Crippen LogP contribution in [0, 0.1) is 5.41 Å². The number of hydrogen-bond donors (Lipinski definition) is 3. The number of anilines is 2. The van der Waals surface area contributed by atoms with Crippen molar-refractivity contribution in [1.29, 1.82) is 5.41 Å². The molecule has 0 saturated carbocycles. The maximum Gasteiger partial charge on any atom is 0.374 e. The number of carbonyl (C=O) groups is 2. The van der Waals surface area contributed by atoms with E-state index in [0.717, 1.165) is 6.21 Å². The van der Waals surface area contributed by atoms with Crippen LogP contribution in [0.5, 0.6) is 5.75 Å². The lowest BCUT2D eigenvalue weighted by molar-refractivity contribution is 0.0492. The molecule has 0 radical (unpaired) electrons. The number of furan rings is 1. The van der Waals surface area contributed by atoms with Crippen LogP contribution in [0.1, 0.15) is 23.0 Å². The second kappa shape index (κ2) is 10.9. The van der Waals surface area contributed by atoms with Crippen molar-refractivity contribution in [3.63, 3.8) is 0 Å². The Balaban J connectivity index is 2.03. The van der Waals surface area contributed by atoms with Gasteiger partial charge in [-0.1, -0.05) is 0 Å². The van der Waals surface area contributed by atoms with E-state index in [4.69, 9.17) is 19.3 Å². The highest BCUT2D eigenvalue weighted by molar-refractivity contribution is 9.12. The predicted octanol–water partition coefficient (Wildman–Crippen LogP) is 5.54. The maximum absolute atomic E-state index is 12.7. The highest BCUT2D eigenvalue weighted by Crippen LogP contribution is 2.35. The van der Waals surface area contributed by atoms with Gasteiger partial charge < -0.3 is 34.8 Å². The van der Waals surface area contributed by atoms with Crippen molar-refractivity contribution in [2.45, 2.75) is 6.92 Å². The SMILES string of the molecule is CCOC(=O)c1cc2cc(NC(=O)Nc3ccc(OC)cc3)cc(/C(=C(\Br)C=N)N(C)C)c2o1. The van der Waals surface area contributed by atoms with Gasteiger partial charge in [0.25, 0.3) is 0 Å². The normalized spacial score (nSPS) is 11.4. The summed E-state index contributed by atoms with van der Waals surface area (Å²) in [6, 6.07) is 11.5. The third kappa shape index (κ3) is 5.57. The standard InChI is InChI=1S/C24H25BrN4O5/c1-5-33-23(30)20-11-14-10-16(28-24(31)27-15-6-8-17(32-4)9-7-15)12-18(22(14)34-20)21(29(2)3)19(25)13-26/h6-13,26H,5H2,1-4H3,(H2,27,28,31)/b21-19+,26-13?. The van der Waals surface area contributed by atoms with Crippen molar-refractivity contribution >= 4 is 62.2 Å². The highest BCUT2D eigenvalue weighted by Gasteiger charge is 2.21. The van der Waals surface area contributed by atoms with Crippen molar-refractivity contribution in [1.82, 2.24) is 4.90 Å². The highest BCUT2D eigenvalue weighted by atomic mass is 79.9. The number of nitrogens with one attached hydrogen (secondary N) is 3. The van der Waals surface area contributed by atoms with Gasteiger partial charge in [0, 0.05) is 42.6 Å². The van der Waals surface area contributed by atoms with Crippen molar-refractivity contribution in [2.24, 2.45) is 0 Å². The fraction of sp³-hybridized carbons (Fsp3) is 0.208. The smallest absolute Gasteiger partial charge is 0.374 e. The fourth-order valence-corrected chi connectivity index (χ4v) is 3.89. The molecule has 34 heavy (non-hydrogen) atoms. The van der Waals surface area contributed by atoms with Gasteiger partial charge in [-0.3, -0.25) is 0 Å². The van der Waals surface area contributed by atoms with Crippen molar-refractivity contribution in [2.75, 3.05) is 38.4 Å². The molecule has 178 valence electrons. The number of allylic oxidation sites excluding steroid dienone is 1. The lowest BCUT2D eigenvalue weighted by Crippen LogP contribution is -2.19. The number of ether oxygens (including phenoxy) is 2. The molecule has 0 fully saturated rings. The molecule has 10 heteroatoms. The van der Waals surface area contributed by atoms with Gasteiger partial charge in [-0.2, -0.15) is 0 Å². The van der Waals surface area contributed by atoms with E-state index in [-0.39, 0.29) is 12.4 Å². The molecule has 0 atom stereocenters. The van der Waals surface area contributed by atoms with E-state index < -0.39 is 12.0 Å². The van der Waals surface area contributed by atoms with Gasteiger partial charge >= 0.3 is 12.0 Å². The third-order valence-corrected chi connectivity index (χ3v) is 5.36. The number of nitrogens with zero attached hydrogens (tertiary/aromatic N) is 1. The van der Waals surface area contributed by atoms with Gasteiger partial charge in [0.15, 0.2) is 0 Å². The number of benzene rings is 2. The summed E-state index contributed by atoms with van der Waals surface area (Å²) in [5.41, 5.74) is 2.69. The summed E-state index contributed by atoms with van der Waals surface area (Å²) >= 11 is 3.41. The van der Waals surface area contributed by atoms with Crippen molar-refractivity contribution < 1.29 is 23.5 Å². The Kier molecular flexibility index (Phi) is 7.95. The van der Waals surface area contributed by atoms with E-state index in [9.17, 15) is 9.59 Å². The first-order chi connectivity index (χ1) is 16.3. The zero-order chi connectivity index (χ0) is 24.8. The summed E-state index contributed by atoms with van der Waals surface area (Å²) in [7, 11) is 5.20. The lowest BCUT2D eigenvalue weighted by atomic mass is 10.1. The van der Waals surface area contributed by atoms with E-state index in [1.165, 1.54) is 0 Å². The number of rotatable bonds is 8. The van der Waals surface area contributed by atoms with E-state index in [0.29, 0.717) is 43.8 Å². The molecule has 0 spiro atoms. The monoisotopic (exact) mass is 528 g/mol. The van der Waals surface area contributed by atoms with Crippen LogP contribution >= 0.6 is 15.9 Å². The largest absolute Gasteiger partial charge is 0.497 e. The molecule has 0 aliphatic heterocycles. The van der Waals surface area contributed by atoms with Crippen LogP contribution in [0.25, 0.3) is 16.7 Å². The van der Waals surface area contributed by atoms with Gasteiger partial charge in [0.1, 0.15) is 11.3 Å². The summed E-state index contributed by atoms with van der Waals surface area (Å²) in [5.74, 6) is 0.137. The van der Waals surface area contributed by atoms with Gasteiger partial charge in [0.2, 0.25) is 5.76 Å². The van der Waals surface area contributed by atoms with Crippen molar-refractivity contribution in [3.05, 3.63) is 58.3 Å². The van der Waals surface area contributed by atoms with Crippen LogP contribution in [-0.4, -0.2) is 50.9 Å². The zero-order valence-corrected chi connectivity index (χ0v) is 20.8. The number of halogens is 1. The average Bonchev–Trinajstić information content (AvgIpc) is 3.24. The number of carbonyl (C=O) groups excluding carboxylic acids is 2. The van der Waals surface area contributed by atoms with E-state index in [1.807, 2.05) is 14.1 Å². The first kappa shape index (κ1) is 24.8. The van der Waals surface area contributed by atoms with Gasteiger partial charge in [-0.25, -0.2) is 9.59 Å². The molecule has 3 N–H and O–H groups in total. The van der Waals surface area contributed by atoms with Crippen LogP contribution < -0.4 is 15.4 Å². The molecule has 3 rings (SSSR count). The van der Waals surface area contributed by atoms with Gasteiger partial charge in [-0.15, -0.1) is 0 Å². The molecule has 0 aliphatic rings. The molecule has 0 saturated heterocycles. The number of urea groups is 1. The minimum Gasteiger partial charge on any atom is -0.497 e. The first-order valence-corrected chi connectivity index (χ1v) is 11.1. The van der Waals surface area contributed by atoms with E-state index in [2.05, 4.69) is 26.6 Å². The molecule has 0 aliphatic carbocycles. The number of esters is 1. The number of methoxy groups -OCH3 is 1. The quantitative estimate of drug-likeness (QED) is 0.261. The number of fused-ring (bicyclic) bond motifs is 1. The lowest BCUT2D eigenvalue weighted by Gasteiger charge is -2.20. The first-order valence-electron chi connectivity index (χ1n) is 10.3. The van der Waals surface area contributed by atoms with Gasteiger partial charge in [-0.05, 0) is 65.3 Å². The molecule has 1 aromatic heterocycles. The summed E-state index contributed by atoms with van der Waals surface area (Å²) in [6.07, 6.45) is 1.16. The minimum absolute atomic E-state index is 0.0435. The van der Waals surface area contributed by atoms with Crippen molar-refractivity contribution in [3.8, 4) is 5.75 Å². The van der Waals surface area contributed by atoms with Crippen LogP contribution in [-0.2, 0) is 4.74 Å². The minimum atomic E-state index is -0.585. The van der Waals surface area contributed by atoms with Crippen LogP contribution in [0.15, 0.2) is 51.4 Å². The molecule has 1 heterocycles. The zero-order valence-electron chi connectivity index (χ0n) is 19.2. The van der Waals surface area contributed by atoms with Crippen LogP contribution in [0.4, 0.5) is 16.2 Å². The predicted molar refractivity (Wildman–Crippen MR) is 136 cm³/mol. The molecule has 9 nitrogen and oxygen atoms in total. The topological polar surface area (TPSA) is 117 Å². The Bertz CT molecular complexity index is 1250. The molecule has 0 unspecified atom stereocenters. The van der Waals surface area contributed by atoms with Gasteiger partial charge in [0.05, 0.1) is 23.9 Å². The Morgan fingerprint density at radius 1 is 1.12 bits per heavy atom. The Hall–Kier alpha value is -3.79. The molecule has 2 amide bonds. The summed E-state index contributed by atoms with van der Waals surface area (Å²) in [5, 5.41) is 13.9. The summed E-state index contributed by atoms with van der Waals surface area (Å²) in [4.78, 5) is 26.7. The maximum atomic E-state index is 12.7. The second-order valence-corrected chi connectivity index (χ2v) is 8.17.